The van der Waals surface area contributed by atoms with E-state index in [1.165, 1.54) is 12.1 Å². The Morgan fingerprint density at radius 1 is 0.941 bits per heavy atom. The van der Waals surface area contributed by atoms with Crippen LogP contribution >= 0.6 is 0 Å². The summed E-state index contributed by atoms with van der Waals surface area (Å²) in [6.07, 6.45) is 0. The van der Waals surface area contributed by atoms with Gasteiger partial charge in [-0.15, -0.1) is 0 Å². The molecule has 0 fully saturated rings. The Labute approximate surface area is 200 Å². The van der Waals surface area contributed by atoms with Gasteiger partial charge in [-0.05, 0) is 81.6 Å². The molecule has 0 bridgehead atoms. The third-order valence-electron chi connectivity index (χ3n) is 5.46. The Kier molecular flexibility index (Phi) is 7.32. The van der Waals surface area contributed by atoms with E-state index in [9.17, 15) is 14.3 Å². The first kappa shape index (κ1) is 25.2. The molecular formula is C28H31FO5. The van der Waals surface area contributed by atoms with Crippen LogP contribution in [-0.4, -0.2) is 23.8 Å². The summed E-state index contributed by atoms with van der Waals surface area (Å²) < 4.78 is 31.3. The highest BCUT2D eigenvalue weighted by atomic mass is 19.1. The minimum atomic E-state index is -1.68. The van der Waals surface area contributed by atoms with Crippen LogP contribution in [-0.2, 0) is 21.7 Å². The van der Waals surface area contributed by atoms with Gasteiger partial charge in [0.15, 0.2) is 5.60 Å². The van der Waals surface area contributed by atoms with Gasteiger partial charge in [0.25, 0.3) is 0 Å². The fourth-order valence-electron chi connectivity index (χ4n) is 4.02. The predicted octanol–water partition coefficient (Wildman–Crippen LogP) is 6.50. The highest BCUT2D eigenvalue weighted by Crippen LogP contribution is 2.44. The van der Waals surface area contributed by atoms with Crippen molar-refractivity contribution in [1.82, 2.24) is 0 Å². The van der Waals surface area contributed by atoms with Crippen molar-refractivity contribution < 1.29 is 28.5 Å². The number of carboxylic acid groups (broad SMARTS) is 1. The Morgan fingerprint density at radius 2 is 1.56 bits per heavy atom. The van der Waals surface area contributed by atoms with Crippen molar-refractivity contribution in [2.24, 2.45) is 0 Å². The molecule has 1 N–H and O–H groups in total. The van der Waals surface area contributed by atoms with Crippen LogP contribution in [0.2, 0.25) is 0 Å². The maximum atomic E-state index is 13.7. The number of rotatable bonds is 8. The third kappa shape index (κ3) is 5.57. The largest absolute Gasteiger partial charge is 0.497 e. The lowest BCUT2D eigenvalue weighted by molar-refractivity contribution is -0.183. The smallest absolute Gasteiger partial charge is 0.340 e. The fourth-order valence-corrected chi connectivity index (χ4v) is 4.02. The van der Waals surface area contributed by atoms with E-state index in [4.69, 9.17) is 14.2 Å². The van der Waals surface area contributed by atoms with Gasteiger partial charge in [0, 0.05) is 11.1 Å². The molecule has 3 aromatic rings. The van der Waals surface area contributed by atoms with Crippen LogP contribution < -0.4 is 9.47 Å². The predicted molar refractivity (Wildman–Crippen MR) is 130 cm³/mol. The van der Waals surface area contributed by atoms with E-state index in [1.54, 1.807) is 32.2 Å². The van der Waals surface area contributed by atoms with Crippen molar-refractivity contribution in [3.05, 3.63) is 83.2 Å². The molecule has 3 rings (SSSR count). The average Bonchev–Trinajstić information content (AvgIpc) is 2.77. The SMILES string of the molecule is COc1ccc(COc2ccc(C)c(C(C)(OC(C)(C)C)C(=O)O)c2-c2ccc(F)cc2)cc1. The first-order valence-electron chi connectivity index (χ1n) is 11.0. The number of aryl methyl sites for hydroxylation is 1. The summed E-state index contributed by atoms with van der Waals surface area (Å²) in [6.45, 7) is 9.07. The van der Waals surface area contributed by atoms with Gasteiger partial charge in [0.2, 0.25) is 0 Å². The molecule has 0 saturated heterocycles. The summed E-state index contributed by atoms with van der Waals surface area (Å²) in [7, 11) is 1.60. The standard InChI is InChI=1S/C28H31FO5/c1-18-7-16-23(33-17-19-8-14-22(32-6)15-9-19)24(20-10-12-21(29)13-11-20)25(18)28(5,26(30)31)34-27(2,3)4/h7-16H,17H2,1-6H3,(H,30,31). The molecule has 0 saturated carbocycles. The Hall–Kier alpha value is -3.38. The highest BCUT2D eigenvalue weighted by Gasteiger charge is 2.43. The van der Waals surface area contributed by atoms with Gasteiger partial charge in [-0.25, -0.2) is 9.18 Å². The number of ether oxygens (including phenoxy) is 3. The van der Waals surface area contributed by atoms with E-state index in [1.807, 2.05) is 58.0 Å². The molecule has 0 aliphatic carbocycles. The van der Waals surface area contributed by atoms with Crippen LogP contribution in [0.1, 0.15) is 44.4 Å². The second-order valence-electron chi connectivity index (χ2n) is 9.33. The molecule has 0 aliphatic rings. The monoisotopic (exact) mass is 466 g/mol. The van der Waals surface area contributed by atoms with Crippen LogP contribution in [0.5, 0.6) is 11.5 Å². The normalized spacial score (nSPS) is 13.3. The lowest BCUT2D eigenvalue weighted by Crippen LogP contribution is -2.42. The summed E-state index contributed by atoms with van der Waals surface area (Å²) in [5.74, 6) is -0.287. The maximum absolute atomic E-state index is 13.7. The number of halogens is 1. The second kappa shape index (κ2) is 9.85. The van der Waals surface area contributed by atoms with Gasteiger partial charge in [-0.2, -0.15) is 0 Å². The summed E-state index contributed by atoms with van der Waals surface area (Å²) in [5.41, 5.74) is 0.891. The van der Waals surface area contributed by atoms with Gasteiger partial charge in [0.05, 0.1) is 12.7 Å². The average molecular weight is 467 g/mol. The van der Waals surface area contributed by atoms with Gasteiger partial charge >= 0.3 is 5.97 Å². The number of hydrogen-bond acceptors (Lipinski definition) is 4. The second-order valence-corrected chi connectivity index (χ2v) is 9.33. The number of benzene rings is 3. The van der Waals surface area contributed by atoms with Crippen molar-refractivity contribution in [3.8, 4) is 22.6 Å². The van der Waals surface area contributed by atoms with Crippen LogP contribution in [0.4, 0.5) is 4.39 Å². The van der Waals surface area contributed by atoms with Crippen molar-refractivity contribution in [2.75, 3.05) is 7.11 Å². The topological polar surface area (TPSA) is 65.0 Å². The van der Waals surface area contributed by atoms with Crippen molar-refractivity contribution in [2.45, 2.75) is 52.4 Å². The van der Waals surface area contributed by atoms with E-state index in [0.717, 1.165) is 16.9 Å². The van der Waals surface area contributed by atoms with E-state index in [2.05, 4.69) is 0 Å². The Balaban J connectivity index is 2.17. The number of methoxy groups -OCH3 is 1. The molecule has 0 aromatic heterocycles. The molecule has 0 spiro atoms. The molecule has 1 unspecified atom stereocenters. The van der Waals surface area contributed by atoms with Crippen LogP contribution in [0.25, 0.3) is 11.1 Å². The van der Waals surface area contributed by atoms with Crippen LogP contribution in [0.3, 0.4) is 0 Å². The summed E-state index contributed by atoms with van der Waals surface area (Å²) in [4.78, 5) is 12.6. The minimum absolute atomic E-state index is 0.255. The summed E-state index contributed by atoms with van der Waals surface area (Å²) in [6, 6.07) is 17.0. The lowest BCUT2D eigenvalue weighted by atomic mass is 9.83. The van der Waals surface area contributed by atoms with E-state index in [0.29, 0.717) is 22.4 Å². The zero-order chi connectivity index (χ0) is 25.1. The number of hydrogen-bond donors (Lipinski definition) is 1. The molecule has 180 valence electrons. The van der Waals surface area contributed by atoms with Gasteiger partial charge in [0.1, 0.15) is 23.9 Å². The molecule has 0 radical (unpaired) electrons. The first-order chi connectivity index (χ1) is 15.9. The molecule has 3 aromatic carbocycles. The molecular weight excluding hydrogens is 435 g/mol. The molecule has 6 heteroatoms. The zero-order valence-corrected chi connectivity index (χ0v) is 20.4. The van der Waals surface area contributed by atoms with Gasteiger partial charge < -0.3 is 19.3 Å². The molecule has 34 heavy (non-hydrogen) atoms. The number of carboxylic acids is 1. The van der Waals surface area contributed by atoms with Crippen molar-refractivity contribution in [1.29, 1.82) is 0 Å². The quantitative estimate of drug-likeness (QED) is 0.410. The molecule has 5 nitrogen and oxygen atoms in total. The summed E-state index contributed by atoms with van der Waals surface area (Å²) in [5, 5.41) is 10.3. The van der Waals surface area contributed by atoms with E-state index in [-0.39, 0.29) is 12.4 Å². The summed E-state index contributed by atoms with van der Waals surface area (Å²) >= 11 is 0. The van der Waals surface area contributed by atoms with E-state index >= 15 is 0 Å². The Bertz CT molecular complexity index is 1150. The molecule has 0 heterocycles. The highest BCUT2D eigenvalue weighted by molar-refractivity contribution is 5.87. The number of carbonyl (C=O) groups is 1. The first-order valence-corrected chi connectivity index (χ1v) is 11.0. The van der Waals surface area contributed by atoms with Crippen molar-refractivity contribution >= 4 is 5.97 Å². The maximum Gasteiger partial charge on any atom is 0.340 e. The molecule has 0 aliphatic heterocycles. The molecule has 0 amide bonds. The fraction of sp³-hybridized carbons (Fsp3) is 0.321. The third-order valence-corrected chi connectivity index (χ3v) is 5.46. The zero-order valence-electron chi connectivity index (χ0n) is 20.4. The Morgan fingerprint density at radius 3 is 2.09 bits per heavy atom. The van der Waals surface area contributed by atoms with Crippen LogP contribution in [0, 0.1) is 12.7 Å². The van der Waals surface area contributed by atoms with Crippen molar-refractivity contribution in [3.63, 3.8) is 0 Å². The minimum Gasteiger partial charge on any atom is -0.497 e. The number of aliphatic carboxylic acids is 1. The van der Waals surface area contributed by atoms with E-state index < -0.39 is 17.2 Å². The van der Waals surface area contributed by atoms with Gasteiger partial charge in [-0.3, -0.25) is 0 Å². The molecule has 1 atom stereocenters. The van der Waals surface area contributed by atoms with Crippen LogP contribution in [0.15, 0.2) is 60.7 Å². The lowest BCUT2D eigenvalue weighted by Gasteiger charge is -2.36. The van der Waals surface area contributed by atoms with Gasteiger partial charge in [-0.1, -0.05) is 30.3 Å².